The number of rotatable bonds is 4. The van der Waals surface area contributed by atoms with Gasteiger partial charge in [-0.05, 0) is 5.56 Å². The molecule has 2 atom stereocenters. The van der Waals surface area contributed by atoms with Crippen molar-refractivity contribution in [2.45, 2.75) is 12.3 Å². The fourth-order valence-electron chi connectivity index (χ4n) is 1.92. The van der Waals surface area contributed by atoms with Crippen LogP contribution in [0.25, 0.3) is 0 Å². The highest BCUT2D eigenvalue weighted by molar-refractivity contribution is 6.23. The van der Waals surface area contributed by atoms with Gasteiger partial charge < -0.3 is 0 Å². The van der Waals surface area contributed by atoms with E-state index in [-0.39, 0.29) is 17.1 Å². The van der Waals surface area contributed by atoms with Crippen molar-refractivity contribution in [2.75, 3.05) is 0 Å². The number of halogens is 1. The normalized spacial score (nSPS) is 13.9. The highest BCUT2D eigenvalue weighted by atomic mass is 35.5. The number of carbonyl (C=O) groups is 1. The lowest BCUT2D eigenvalue weighted by molar-refractivity contribution is 0.0926. The van der Waals surface area contributed by atoms with E-state index in [0.29, 0.717) is 5.56 Å². The van der Waals surface area contributed by atoms with Crippen molar-refractivity contribution in [3.8, 4) is 0 Å². The molecule has 0 saturated carbocycles. The molecule has 2 aromatic carbocycles. The van der Waals surface area contributed by atoms with Crippen LogP contribution in [0.4, 0.5) is 0 Å². The second-order valence-electron chi connectivity index (χ2n) is 4.33. The molecule has 0 heterocycles. The first kappa shape index (κ1) is 12.8. The molecule has 0 aliphatic carbocycles. The highest BCUT2D eigenvalue weighted by Gasteiger charge is 2.24. The minimum atomic E-state index is -0.293. The van der Waals surface area contributed by atoms with Crippen molar-refractivity contribution in [3.63, 3.8) is 0 Å². The third kappa shape index (κ3) is 2.80. The Morgan fingerprint density at radius 1 is 0.944 bits per heavy atom. The molecule has 2 aromatic rings. The fraction of sp³-hybridized carbons (Fsp3) is 0.188. The van der Waals surface area contributed by atoms with Crippen LogP contribution in [0.5, 0.6) is 0 Å². The maximum absolute atomic E-state index is 12.3. The average Bonchev–Trinajstić information content (AvgIpc) is 2.47. The van der Waals surface area contributed by atoms with Crippen LogP contribution in [0.1, 0.15) is 28.2 Å². The Morgan fingerprint density at radius 3 is 2.00 bits per heavy atom. The lowest BCUT2D eigenvalue weighted by Gasteiger charge is -2.17. The summed E-state index contributed by atoms with van der Waals surface area (Å²) in [5, 5.41) is -0.293. The quantitative estimate of drug-likeness (QED) is 0.584. The third-order valence-electron chi connectivity index (χ3n) is 3.03. The number of Topliss-reactive ketones (excluding diaryl/α,β-unsaturated/α-hetero) is 1. The monoisotopic (exact) mass is 258 g/mol. The van der Waals surface area contributed by atoms with E-state index in [1.807, 2.05) is 67.6 Å². The topological polar surface area (TPSA) is 17.1 Å². The van der Waals surface area contributed by atoms with Gasteiger partial charge in [0.05, 0.1) is 5.38 Å². The van der Waals surface area contributed by atoms with Gasteiger partial charge in [0.1, 0.15) is 0 Å². The highest BCUT2D eigenvalue weighted by Crippen LogP contribution is 2.30. The predicted octanol–water partition coefficient (Wildman–Crippen LogP) is 4.49. The number of carbonyl (C=O) groups excluding carboxylic acids is 1. The molecule has 0 fully saturated rings. The van der Waals surface area contributed by atoms with E-state index >= 15 is 0 Å². The van der Waals surface area contributed by atoms with E-state index in [9.17, 15) is 4.79 Å². The van der Waals surface area contributed by atoms with Crippen molar-refractivity contribution in [3.05, 3.63) is 71.8 Å². The number of hydrogen-bond donors (Lipinski definition) is 0. The van der Waals surface area contributed by atoms with Crippen LogP contribution in [-0.2, 0) is 0 Å². The minimum Gasteiger partial charge on any atom is -0.294 e. The van der Waals surface area contributed by atoms with Gasteiger partial charge >= 0.3 is 0 Å². The predicted molar refractivity (Wildman–Crippen MR) is 75.0 cm³/mol. The van der Waals surface area contributed by atoms with E-state index in [1.165, 1.54) is 0 Å². The van der Waals surface area contributed by atoms with Crippen molar-refractivity contribution < 1.29 is 4.79 Å². The molecule has 2 heteroatoms. The molecule has 0 saturated heterocycles. The van der Waals surface area contributed by atoms with E-state index in [1.54, 1.807) is 0 Å². The van der Waals surface area contributed by atoms with Gasteiger partial charge in [0.25, 0.3) is 0 Å². The second-order valence-corrected chi connectivity index (χ2v) is 4.80. The Labute approximate surface area is 112 Å². The smallest absolute Gasteiger partial charge is 0.167 e. The molecule has 0 aliphatic rings. The van der Waals surface area contributed by atoms with Gasteiger partial charge in [-0.15, -0.1) is 11.6 Å². The van der Waals surface area contributed by atoms with Crippen LogP contribution in [0.2, 0.25) is 0 Å². The third-order valence-corrected chi connectivity index (χ3v) is 3.66. The van der Waals surface area contributed by atoms with E-state index in [2.05, 4.69) is 0 Å². The zero-order valence-electron chi connectivity index (χ0n) is 10.2. The largest absolute Gasteiger partial charge is 0.294 e. The van der Waals surface area contributed by atoms with Crippen molar-refractivity contribution in [1.82, 2.24) is 0 Å². The number of alkyl halides is 1. The SMILES string of the molecule is C[C@@H](C(=O)c1ccccc1)[C@@H](Cl)c1ccccc1. The maximum atomic E-state index is 12.3. The Balaban J connectivity index is 2.17. The summed E-state index contributed by atoms with van der Waals surface area (Å²) in [6.07, 6.45) is 0. The van der Waals surface area contributed by atoms with Gasteiger partial charge in [-0.3, -0.25) is 4.79 Å². The molecule has 0 unspecified atom stereocenters. The summed E-state index contributed by atoms with van der Waals surface area (Å²) in [5.41, 5.74) is 1.70. The van der Waals surface area contributed by atoms with Crippen molar-refractivity contribution in [2.24, 2.45) is 5.92 Å². The van der Waals surface area contributed by atoms with Crippen LogP contribution in [-0.4, -0.2) is 5.78 Å². The van der Waals surface area contributed by atoms with Crippen molar-refractivity contribution in [1.29, 1.82) is 0 Å². The van der Waals surface area contributed by atoms with Gasteiger partial charge in [0, 0.05) is 11.5 Å². The first-order valence-corrected chi connectivity index (χ1v) is 6.42. The second kappa shape index (κ2) is 5.83. The van der Waals surface area contributed by atoms with Gasteiger partial charge in [-0.2, -0.15) is 0 Å². The molecule has 2 rings (SSSR count). The molecule has 0 aromatic heterocycles. The van der Waals surface area contributed by atoms with Gasteiger partial charge in [0.15, 0.2) is 5.78 Å². The molecule has 0 amide bonds. The molecule has 0 aliphatic heterocycles. The van der Waals surface area contributed by atoms with Crippen LogP contribution in [0, 0.1) is 5.92 Å². The summed E-state index contributed by atoms with van der Waals surface area (Å²) in [6, 6.07) is 19.0. The summed E-state index contributed by atoms with van der Waals surface area (Å²) in [5.74, 6) is -0.157. The summed E-state index contributed by atoms with van der Waals surface area (Å²) >= 11 is 6.38. The molecular weight excluding hydrogens is 244 g/mol. The Hall–Kier alpha value is -1.60. The van der Waals surface area contributed by atoms with Crippen LogP contribution in [0.15, 0.2) is 60.7 Å². The van der Waals surface area contributed by atoms with Gasteiger partial charge in [-0.1, -0.05) is 67.6 Å². The zero-order chi connectivity index (χ0) is 13.0. The van der Waals surface area contributed by atoms with Gasteiger partial charge in [0.2, 0.25) is 0 Å². The van der Waals surface area contributed by atoms with E-state index in [4.69, 9.17) is 11.6 Å². The van der Waals surface area contributed by atoms with E-state index in [0.717, 1.165) is 5.56 Å². The van der Waals surface area contributed by atoms with Crippen LogP contribution in [0.3, 0.4) is 0 Å². The molecule has 1 nitrogen and oxygen atoms in total. The first-order chi connectivity index (χ1) is 8.70. The molecule has 0 bridgehead atoms. The number of hydrogen-bond acceptors (Lipinski definition) is 1. The van der Waals surface area contributed by atoms with Crippen molar-refractivity contribution >= 4 is 17.4 Å². The molecule has 0 spiro atoms. The standard InChI is InChI=1S/C16H15ClO/c1-12(15(17)13-8-4-2-5-9-13)16(18)14-10-6-3-7-11-14/h2-12,15H,1H3/t12-,15-/m1/s1. The lowest BCUT2D eigenvalue weighted by atomic mass is 9.92. The number of ketones is 1. The zero-order valence-corrected chi connectivity index (χ0v) is 11.0. The summed E-state index contributed by atoms with van der Waals surface area (Å²) in [6.45, 7) is 1.88. The summed E-state index contributed by atoms with van der Waals surface area (Å²) < 4.78 is 0. The van der Waals surface area contributed by atoms with E-state index < -0.39 is 0 Å². The minimum absolute atomic E-state index is 0.0828. The molecule has 92 valence electrons. The molecule has 0 radical (unpaired) electrons. The fourth-order valence-corrected chi connectivity index (χ4v) is 2.18. The first-order valence-electron chi connectivity index (χ1n) is 5.98. The molecule has 18 heavy (non-hydrogen) atoms. The van der Waals surface area contributed by atoms with Crippen LogP contribution < -0.4 is 0 Å². The molecule has 0 N–H and O–H groups in total. The average molecular weight is 259 g/mol. The summed E-state index contributed by atoms with van der Waals surface area (Å²) in [7, 11) is 0. The Kier molecular flexibility index (Phi) is 4.16. The molecular formula is C16H15ClO. The maximum Gasteiger partial charge on any atom is 0.167 e. The summed E-state index contributed by atoms with van der Waals surface area (Å²) in [4.78, 5) is 12.3. The Morgan fingerprint density at radius 2 is 1.44 bits per heavy atom. The number of benzene rings is 2. The van der Waals surface area contributed by atoms with Gasteiger partial charge in [-0.25, -0.2) is 0 Å². The lowest BCUT2D eigenvalue weighted by Crippen LogP contribution is -2.16. The van der Waals surface area contributed by atoms with Crippen LogP contribution >= 0.6 is 11.6 Å². The Bertz CT molecular complexity index is 507.